The van der Waals surface area contributed by atoms with Crippen molar-refractivity contribution >= 4 is 23.0 Å². The fourth-order valence-corrected chi connectivity index (χ4v) is 1.68. The molecule has 2 aromatic rings. The number of nitrogens with two attached hydrogens (primary N) is 1. The molecule has 0 radical (unpaired) electrons. The fraction of sp³-hybridized carbons (Fsp3) is 0.231. The highest BCUT2D eigenvalue weighted by molar-refractivity contribution is 5.63. The van der Waals surface area contributed by atoms with Gasteiger partial charge in [0.05, 0.1) is 0 Å². The van der Waals surface area contributed by atoms with E-state index in [1.54, 1.807) is 0 Å². The van der Waals surface area contributed by atoms with Crippen LogP contribution in [0.4, 0.5) is 23.0 Å². The second-order valence-corrected chi connectivity index (χ2v) is 4.06. The van der Waals surface area contributed by atoms with Gasteiger partial charge in [-0.25, -0.2) is 9.97 Å². The first-order valence-electron chi connectivity index (χ1n) is 5.73. The van der Waals surface area contributed by atoms with E-state index < -0.39 is 0 Å². The number of benzene rings is 1. The summed E-state index contributed by atoms with van der Waals surface area (Å²) in [4.78, 5) is 10.7. The second kappa shape index (κ2) is 4.91. The predicted octanol–water partition coefficient (Wildman–Crippen LogP) is 2.18. The molecule has 1 aromatic heterocycles. The van der Waals surface area contributed by atoms with Crippen LogP contribution in [-0.4, -0.2) is 24.1 Å². The molecule has 5 nitrogen and oxygen atoms in total. The van der Waals surface area contributed by atoms with Crippen LogP contribution in [0, 0.1) is 6.92 Å². The number of rotatable bonds is 3. The molecular formula is C13H17N5. The number of nitrogen functional groups attached to an aromatic ring is 1. The highest BCUT2D eigenvalue weighted by Gasteiger charge is 2.07. The largest absolute Gasteiger partial charge is 0.399 e. The normalized spacial score (nSPS) is 10.2. The van der Waals surface area contributed by atoms with E-state index >= 15 is 0 Å². The minimum atomic E-state index is 0.735. The topological polar surface area (TPSA) is 67.1 Å². The molecule has 18 heavy (non-hydrogen) atoms. The lowest BCUT2D eigenvalue weighted by Gasteiger charge is -2.19. The first-order valence-corrected chi connectivity index (χ1v) is 5.73. The van der Waals surface area contributed by atoms with Gasteiger partial charge in [-0.1, -0.05) is 0 Å². The molecule has 0 bridgehead atoms. The molecule has 1 heterocycles. The number of nitrogens with zero attached hydrogens (tertiary/aromatic N) is 3. The minimum Gasteiger partial charge on any atom is -0.399 e. The number of anilines is 4. The lowest BCUT2D eigenvalue weighted by molar-refractivity contribution is 1.01. The third kappa shape index (κ3) is 2.51. The van der Waals surface area contributed by atoms with E-state index in [0.29, 0.717) is 0 Å². The van der Waals surface area contributed by atoms with Gasteiger partial charge >= 0.3 is 0 Å². The Kier molecular flexibility index (Phi) is 3.32. The van der Waals surface area contributed by atoms with Gasteiger partial charge in [-0.3, -0.25) is 0 Å². The van der Waals surface area contributed by atoms with Crippen LogP contribution in [0.3, 0.4) is 0 Å². The molecule has 0 aliphatic rings. The van der Waals surface area contributed by atoms with E-state index in [2.05, 4.69) is 15.3 Å². The highest BCUT2D eigenvalue weighted by Crippen LogP contribution is 2.24. The summed E-state index contributed by atoms with van der Waals surface area (Å²) in [5.41, 5.74) is 7.46. The number of aromatic nitrogens is 2. The van der Waals surface area contributed by atoms with E-state index in [-0.39, 0.29) is 0 Å². The SMILES string of the molecule is CNc1cc(N(C)c2ccc(N)cc2)nc(C)n1. The van der Waals surface area contributed by atoms with Crippen molar-refractivity contribution in [2.75, 3.05) is 30.0 Å². The molecule has 0 saturated carbocycles. The average molecular weight is 243 g/mol. The van der Waals surface area contributed by atoms with Crippen LogP contribution in [0.25, 0.3) is 0 Å². The monoisotopic (exact) mass is 243 g/mol. The third-order valence-electron chi connectivity index (χ3n) is 2.70. The Morgan fingerprint density at radius 1 is 1.17 bits per heavy atom. The van der Waals surface area contributed by atoms with Crippen molar-refractivity contribution in [3.05, 3.63) is 36.2 Å². The quantitative estimate of drug-likeness (QED) is 0.809. The van der Waals surface area contributed by atoms with Crippen LogP contribution in [0.1, 0.15) is 5.82 Å². The summed E-state index contributed by atoms with van der Waals surface area (Å²) in [5, 5.41) is 3.03. The van der Waals surface area contributed by atoms with Crippen LogP contribution in [0.2, 0.25) is 0 Å². The van der Waals surface area contributed by atoms with Crippen molar-refractivity contribution in [3.8, 4) is 0 Å². The maximum Gasteiger partial charge on any atom is 0.138 e. The molecule has 1 aromatic carbocycles. The van der Waals surface area contributed by atoms with Crippen molar-refractivity contribution in [2.24, 2.45) is 0 Å². The van der Waals surface area contributed by atoms with Crippen molar-refractivity contribution in [3.63, 3.8) is 0 Å². The maximum atomic E-state index is 5.68. The molecule has 0 amide bonds. The summed E-state index contributed by atoms with van der Waals surface area (Å²) in [6.07, 6.45) is 0. The number of aryl methyl sites for hydroxylation is 1. The van der Waals surface area contributed by atoms with E-state index in [9.17, 15) is 0 Å². The summed E-state index contributed by atoms with van der Waals surface area (Å²) in [7, 11) is 3.81. The van der Waals surface area contributed by atoms with Crippen molar-refractivity contribution in [1.29, 1.82) is 0 Å². The smallest absolute Gasteiger partial charge is 0.138 e. The summed E-state index contributed by atoms with van der Waals surface area (Å²) in [6, 6.07) is 9.58. The van der Waals surface area contributed by atoms with Crippen molar-refractivity contribution in [1.82, 2.24) is 9.97 Å². The van der Waals surface area contributed by atoms with Gasteiger partial charge in [0.25, 0.3) is 0 Å². The van der Waals surface area contributed by atoms with Crippen LogP contribution in [0.5, 0.6) is 0 Å². The van der Waals surface area contributed by atoms with Gasteiger partial charge in [-0.15, -0.1) is 0 Å². The number of hydrogen-bond donors (Lipinski definition) is 2. The zero-order chi connectivity index (χ0) is 13.1. The summed E-state index contributed by atoms with van der Waals surface area (Å²) < 4.78 is 0. The van der Waals surface area contributed by atoms with Gasteiger partial charge in [0.2, 0.25) is 0 Å². The van der Waals surface area contributed by atoms with E-state index in [4.69, 9.17) is 5.73 Å². The highest BCUT2D eigenvalue weighted by atomic mass is 15.2. The molecule has 3 N–H and O–H groups in total. The van der Waals surface area contributed by atoms with E-state index in [1.165, 1.54) is 0 Å². The molecule has 2 rings (SSSR count). The fourth-order valence-electron chi connectivity index (χ4n) is 1.68. The molecule has 0 unspecified atom stereocenters. The van der Waals surface area contributed by atoms with Gasteiger partial charge < -0.3 is 16.0 Å². The van der Waals surface area contributed by atoms with Gasteiger partial charge in [-0.05, 0) is 31.2 Å². The van der Waals surface area contributed by atoms with Crippen LogP contribution < -0.4 is 16.0 Å². The second-order valence-electron chi connectivity index (χ2n) is 4.06. The maximum absolute atomic E-state index is 5.68. The van der Waals surface area contributed by atoms with E-state index in [0.717, 1.165) is 28.8 Å². The predicted molar refractivity (Wildman–Crippen MR) is 75.2 cm³/mol. The Morgan fingerprint density at radius 3 is 2.44 bits per heavy atom. The number of nitrogens with one attached hydrogen (secondary N) is 1. The Bertz CT molecular complexity index is 536. The molecule has 0 aliphatic heterocycles. The van der Waals surface area contributed by atoms with Gasteiger partial charge in [0, 0.05) is 31.5 Å². The molecule has 94 valence electrons. The first-order chi connectivity index (χ1) is 8.60. The van der Waals surface area contributed by atoms with Crippen LogP contribution in [0.15, 0.2) is 30.3 Å². The summed E-state index contributed by atoms with van der Waals surface area (Å²) >= 11 is 0. The molecular weight excluding hydrogens is 226 g/mol. The number of hydrogen-bond acceptors (Lipinski definition) is 5. The van der Waals surface area contributed by atoms with Crippen molar-refractivity contribution < 1.29 is 0 Å². The lowest BCUT2D eigenvalue weighted by atomic mass is 10.2. The van der Waals surface area contributed by atoms with Gasteiger partial charge in [0.15, 0.2) is 0 Å². The van der Waals surface area contributed by atoms with Crippen LogP contribution >= 0.6 is 0 Å². The summed E-state index contributed by atoms with van der Waals surface area (Å²) in [6.45, 7) is 1.88. The Hall–Kier alpha value is -2.30. The molecule has 5 heteroatoms. The van der Waals surface area contributed by atoms with Gasteiger partial charge in [-0.2, -0.15) is 0 Å². The molecule has 0 aliphatic carbocycles. The van der Waals surface area contributed by atoms with Crippen LogP contribution in [-0.2, 0) is 0 Å². The molecule has 0 atom stereocenters. The van der Waals surface area contributed by atoms with E-state index in [1.807, 2.05) is 56.3 Å². The zero-order valence-electron chi connectivity index (χ0n) is 10.8. The average Bonchev–Trinajstić information content (AvgIpc) is 2.38. The Balaban J connectivity index is 2.35. The summed E-state index contributed by atoms with van der Waals surface area (Å²) in [5.74, 6) is 2.38. The van der Waals surface area contributed by atoms with Gasteiger partial charge in [0.1, 0.15) is 17.5 Å². The molecule has 0 spiro atoms. The Labute approximate surface area is 107 Å². The third-order valence-corrected chi connectivity index (χ3v) is 2.70. The van der Waals surface area contributed by atoms with Crippen molar-refractivity contribution in [2.45, 2.75) is 6.92 Å². The molecule has 0 fully saturated rings. The standard InChI is InChI=1S/C13H17N5/c1-9-16-12(15-2)8-13(17-9)18(3)11-6-4-10(14)5-7-11/h4-8H,14H2,1-3H3,(H,15,16,17). The molecule has 0 saturated heterocycles. The first kappa shape index (κ1) is 12.2. The zero-order valence-corrected chi connectivity index (χ0v) is 10.8. The lowest BCUT2D eigenvalue weighted by Crippen LogP contribution is -2.13. The Morgan fingerprint density at radius 2 is 1.83 bits per heavy atom. The minimum absolute atomic E-state index is 0.735.